The number of hydrogen-bond acceptors (Lipinski definition) is 8. The molecule has 0 N–H and O–H groups in total. The fourth-order valence-corrected chi connectivity index (χ4v) is 7.36. The zero-order chi connectivity index (χ0) is 45.3. The van der Waals surface area contributed by atoms with E-state index in [1.807, 2.05) is 38.1 Å². The number of carbonyl (C=O) groups excluding carboxylic acids is 3. The van der Waals surface area contributed by atoms with Crippen LogP contribution in [0.5, 0.6) is 0 Å². The Morgan fingerprint density at radius 2 is 1.78 bits per heavy atom. The number of aryl methyl sites for hydroxylation is 3. The second-order valence-corrected chi connectivity index (χ2v) is 16.3. The number of rotatable bonds is 11. The lowest BCUT2D eigenvalue weighted by Crippen LogP contribution is -2.45. The molecular weight excluding hydrogens is 946 g/mol. The van der Waals surface area contributed by atoms with E-state index in [2.05, 4.69) is 28.0 Å². The summed E-state index contributed by atoms with van der Waals surface area (Å²) >= 11 is 25.6. The number of ether oxygens (including phenoxy) is 3. The topological polar surface area (TPSA) is 116 Å². The maximum Gasteiger partial charge on any atom is 0.434 e. The van der Waals surface area contributed by atoms with Crippen molar-refractivity contribution in [2.24, 2.45) is 7.05 Å². The maximum atomic E-state index is 14.3. The van der Waals surface area contributed by atoms with Crippen molar-refractivity contribution >= 4 is 85.8 Å². The molecule has 0 bridgehead atoms. The monoisotopic (exact) mass is 988 g/mol. The number of aromatic nitrogens is 2. The molecule has 3 heterocycles. The van der Waals surface area contributed by atoms with Gasteiger partial charge in [-0.15, -0.1) is 11.6 Å². The summed E-state index contributed by atoms with van der Waals surface area (Å²) < 4.78 is 75.1. The second-order valence-electron chi connectivity index (χ2n) is 13.7. The van der Waals surface area contributed by atoms with Crippen molar-refractivity contribution in [1.29, 1.82) is 0 Å². The number of esters is 1. The molecule has 60 heavy (non-hydrogen) atoms. The standard InChI is InChI=1S/C15H12BrClF4N2O2.C14H20ClNO2.C11H13Cl2NO3/c1-6(2)25-14(24)7-4-8(10(18)5-9(7)17)12-11(16)13(15(19,20)21)23(3)22-12;1-4-12-8-6-7-11(3)14(12)16(10-18-5-2)13(17)9-15;1-11(2)14(10(15)9(12)13)6-8(17-11)7-4-3-5-16-7/h4-6H,1-3H3;6-8H,4-5,9-10H2,1-3H3;3-5,8-9H,6H2,1-2H3. The SMILES string of the molecule is CC(C)OC(=O)c1cc(-c2nn(C)c(C(F)(F)F)c2Br)c(F)cc1Cl.CC1(C)OC(c2ccco2)CN1C(=O)C(Cl)Cl.CCOCN(C(=O)CCl)c1c(C)cccc1CC. The average Bonchev–Trinajstić information content (AvgIpc) is 3.89. The third-order valence-electron chi connectivity index (χ3n) is 8.69. The number of benzene rings is 2. The molecule has 2 aromatic carbocycles. The fraction of sp³-hybridized carbons (Fsp3) is 0.450. The van der Waals surface area contributed by atoms with Gasteiger partial charge in [0.15, 0.2) is 10.5 Å². The van der Waals surface area contributed by atoms with E-state index in [1.165, 1.54) is 4.90 Å². The molecule has 2 aromatic heterocycles. The van der Waals surface area contributed by atoms with Gasteiger partial charge in [-0.05, 0) is 99.3 Å². The number of carbonyl (C=O) groups is 3. The van der Waals surface area contributed by atoms with Crippen LogP contribution in [-0.2, 0) is 43.4 Å². The van der Waals surface area contributed by atoms with E-state index in [0.29, 0.717) is 23.6 Å². The van der Waals surface area contributed by atoms with Gasteiger partial charge in [0.05, 0.1) is 39.7 Å². The molecule has 2 amide bonds. The number of furan rings is 1. The number of amides is 2. The predicted molar refractivity (Wildman–Crippen MR) is 226 cm³/mol. The minimum atomic E-state index is -4.69. The minimum absolute atomic E-state index is 0.0371. The highest BCUT2D eigenvalue weighted by Gasteiger charge is 2.45. The van der Waals surface area contributed by atoms with E-state index >= 15 is 0 Å². The van der Waals surface area contributed by atoms with Gasteiger partial charge in [0, 0.05) is 19.2 Å². The van der Waals surface area contributed by atoms with Crippen LogP contribution < -0.4 is 4.90 Å². The van der Waals surface area contributed by atoms with Gasteiger partial charge < -0.3 is 23.5 Å². The lowest BCUT2D eigenvalue weighted by molar-refractivity contribution is -0.145. The molecule has 0 spiro atoms. The van der Waals surface area contributed by atoms with E-state index in [4.69, 9.17) is 65.0 Å². The first kappa shape index (κ1) is 51.0. The van der Waals surface area contributed by atoms with Crippen LogP contribution in [0, 0.1) is 12.7 Å². The van der Waals surface area contributed by atoms with Gasteiger partial charge in [-0.1, -0.05) is 59.9 Å². The van der Waals surface area contributed by atoms with E-state index in [-0.39, 0.29) is 52.4 Å². The van der Waals surface area contributed by atoms with Gasteiger partial charge in [0.2, 0.25) is 5.91 Å². The van der Waals surface area contributed by atoms with Gasteiger partial charge in [-0.2, -0.15) is 18.3 Å². The fourth-order valence-electron chi connectivity index (χ4n) is 5.98. The molecule has 1 unspecified atom stereocenters. The number of alkyl halides is 6. The third kappa shape index (κ3) is 12.8. The minimum Gasteiger partial charge on any atom is -0.467 e. The average molecular weight is 992 g/mol. The molecule has 1 aliphatic heterocycles. The van der Waals surface area contributed by atoms with Crippen molar-refractivity contribution in [3.8, 4) is 11.3 Å². The first-order chi connectivity index (χ1) is 28.0. The quantitative estimate of drug-likeness (QED) is 0.0631. The molecule has 20 heteroatoms. The zero-order valence-corrected chi connectivity index (χ0v) is 38.5. The summed E-state index contributed by atoms with van der Waals surface area (Å²) in [5.41, 5.74) is 0.526. The van der Waals surface area contributed by atoms with Crippen molar-refractivity contribution in [1.82, 2.24) is 14.7 Å². The first-order valence-electron chi connectivity index (χ1n) is 18.3. The van der Waals surface area contributed by atoms with E-state index < -0.39 is 44.8 Å². The summed E-state index contributed by atoms with van der Waals surface area (Å²) in [7, 11) is 1.08. The normalized spacial score (nSPS) is 14.7. The molecule has 1 aliphatic rings. The Morgan fingerprint density at radius 3 is 2.30 bits per heavy atom. The van der Waals surface area contributed by atoms with Gasteiger partial charge in [-0.25, -0.2) is 9.18 Å². The Morgan fingerprint density at radius 1 is 1.12 bits per heavy atom. The van der Waals surface area contributed by atoms with E-state index in [1.54, 1.807) is 44.9 Å². The lowest BCUT2D eigenvalue weighted by Gasteiger charge is -2.29. The predicted octanol–water partition coefficient (Wildman–Crippen LogP) is 11.1. The smallest absolute Gasteiger partial charge is 0.434 e. The molecule has 0 saturated carbocycles. The van der Waals surface area contributed by atoms with E-state index in [9.17, 15) is 31.9 Å². The van der Waals surface area contributed by atoms with E-state index in [0.717, 1.165) is 42.4 Å². The Labute approximate surface area is 374 Å². The second kappa shape index (κ2) is 22.1. The Balaban J connectivity index is 0.000000246. The van der Waals surface area contributed by atoms with Crippen LogP contribution in [0.4, 0.5) is 23.2 Å². The molecule has 1 atom stereocenters. The molecule has 1 saturated heterocycles. The number of halogens is 9. The Bertz CT molecular complexity index is 2100. The summed E-state index contributed by atoms with van der Waals surface area (Å²) in [5, 5.41) is 3.50. The number of anilines is 1. The van der Waals surface area contributed by atoms with Crippen molar-refractivity contribution < 1.29 is 50.6 Å². The van der Waals surface area contributed by atoms with Crippen molar-refractivity contribution in [3.63, 3.8) is 0 Å². The highest BCUT2D eigenvalue weighted by molar-refractivity contribution is 9.10. The highest BCUT2D eigenvalue weighted by atomic mass is 79.9. The number of para-hydroxylation sites is 1. The van der Waals surface area contributed by atoms with Crippen LogP contribution in [0.25, 0.3) is 11.3 Å². The van der Waals surface area contributed by atoms with Crippen LogP contribution in [0.3, 0.4) is 0 Å². The van der Waals surface area contributed by atoms with Gasteiger partial charge in [0.25, 0.3) is 5.91 Å². The maximum absolute atomic E-state index is 14.3. The summed E-state index contributed by atoms with van der Waals surface area (Å²) in [6, 6.07) is 11.5. The van der Waals surface area contributed by atoms with Gasteiger partial charge >= 0.3 is 12.1 Å². The van der Waals surface area contributed by atoms with Gasteiger partial charge in [0.1, 0.15) is 41.7 Å². The Kier molecular flexibility index (Phi) is 18.8. The highest BCUT2D eigenvalue weighted by Crippen LogP contribution is 2.41. The lowest BCUT2D eigenvalue weighted by atomic mass is 10.0. The zero-order valence-electron chi connectivity index (χ0n) is 33.9. The van der Waals surface area contributed by atoms with Crippen LogP contribution in [-0.4, -0.2) is 74.9 Å². The van der Waals surface area contributed by atoms with Crippen molar-refractivity contribution in [2.75, 3.05) is 30.7 Å². The molecular formula is C40H45BrCl4F4N4O7. The van der Waals surface area contributed by atoms with Crippen LogP contribution in [0.1, 0.15) is 80.6 Å². The molecule has 0 aliphatic carbocycles. The molecule has 11 nitrogen and oxygen atoms in total. The largest absolute Gasteiger partial charge is 0.467 e. The summed E-state index contributed by atoms with van der Waals surface area (Å²) in [4.78, 5) is 37.9. The third-order valence-corrected chi connectivity index (χ3v) is 10.4. The van der Waals surface area contributed by atoms with Crippen LogP contribution in [0.2, 0.25) is 5.02 Å². The summed E-state index contributed by atoms with van der Waals surface area (Å²) in [6.07, 6.45) is -2.98. The molecule has 0 radical (unpaired) electrons. The van der Waals surface area contributed by atoms with Gasteiger partial charge in [-0.3, -0.25) is 19.2 Å². The van der Waals surface area contributed by atoms with Crippen molar-refractivity contribution in [3.05, 3.63) is 92.2 Å². The van der Waals surface area contributed by atoms with Crippen LogP contribution >= 0.6 is 62.3 Å². The molecule has 4 aromatic rings. The molecule has 330 valence electrons. The Hall–Kier alpha value is -3.38. The molecule has 1 fully saturated rings. The number of hydrogen-bond donors (Lipinski definition) is 0. The summed E-state index contributed by atoms with van der Waals surface area (Å²) in [6.45, 7) is 14.0. The molecule has 5 rings (SSSR count). The summed E-state index contributed by atoms with van der Waals surface area (Å²) in [5.74, 6) is -1.57. The van der Waals surface area contributed by atoms with Crippen LogP contribution in [0.15, 0.2) is 57.6 Å². The number of nitrogens with zero attached hydrogens (tertiary/aromatic N) is 4. The van der Waals surface area contributed by atoms with Crippen molar-refractivity contribution in [2.45, 2.75) is 83.8 Å². The first-order valence-corrected chi connectivity index (χ1v) is 20.9.